The first-order chi connectivity index (χ1) is 7.27. The fraction of sp³-hybridized carbons (Fsp3) is 0.538. The molecule has 0 aliphatic carbocycles. The van der Waals surface area contributed by atoms with Crippen LogP contribution in [0.1, 0.15) is 30.4 Å². The average molecular weight is 208 g/mol. The first-order valence-electron chi connectivity index (χ1n) is 5.53. The van der Waals surface area contributed by atoms with Gasteiger partial charge in [0.1, 0.15) is 0 Å². The zero-order chi connectivity index (χ0) is 11.1. The highest BCUT2D eigenvalue weighted by Crippen LogP contribution is 2.19. The van der Waals surface area contributed by atoms with Gasteiger partial charge in [0.15, 0.2) is 0 Å². The van der Waals surface area contributed by atoms with Crippen molar-refractivity contribution in [2.75, 3.05) is 19.8 Å². The molecule has 0 radical (unpaired) electrons. The zero-order valence-electron chi connectivity index (χ0n) is 9.57. The van der Waals surface area contributed by atoms with Gasteiger partial charge in [0, 0.05) is 19.1 Å². The summed E-state index contributed by atoms with van der Waals surface area (Å²) < 4.78 is 5.31. The summed E-state index contributed by atoms with van der Waals surface area (Å²) in [6.07, 6.45) is 0.883. The van der Waals surface area contributed by atoms with Gasteiger partial charge in [0.2, 0.25) is 0 Å². The minimum atomic E-state index is 0.191. The van der Waals surface area contributed by atoms with Crippen molar-refractivity contribution in [3.63, 3.8) is 0 Å². The van der Waals surface area contributed by atoms with E-state index in [1.165, 1.54) is 11.1 Å². The zero-order valence-corrected chi connectivity index (χ0v) is 9.57. The van der Waals surface area contributed by atoms with E-state index in [2.05, 4.69) is 25.1 Å². The molecule has 1 aromatic carbocycles. The predicted molar refractivity (Wildman–Crippen MR) is 62.1 cm³/mol. The molecular weight excluding hydrogens is 188 g/mol. The summed E-state index contributed by atoms with van der Waals surface area (Å²) in [6.45, 7) is 5.71. The van der Waals surface area contributed by atoms with Crippen LogP contribution in [0.4, 0.5) is 0 Å². The molecule has 0 amide bonds. The van der Waals surface area contributed by atoms with Crippen LogP contribution in [0.3, 0.4) is 0 Å². The first kappa shape index (κ1) is 12.2. The lowest BCUT2D eigenvalue weighted by Gasteiger charge is -2.14. The highest BCUT2D eigenvalue weighted by Gasteiger charge is 2.09. The second-order valence-corrected chi connectivity index (χ2v) is 3.78. The monoisotopic (exact) mass is 208 g/mol. The molecule has 0 aliphatic heterocycles. The lowest BCUT2D eigenvalue weighted by atomic mass is 9.96. The van der Waals surface area contributed by atoms with Gasteiger partial charge in [0.05, 0.1) is 6.61 Å². The van der Waals surface area contributed by atoms with E-state index in [-0.39, 0.29) is 12.5 Å². The van der Waals surface area contributed by atoms with Gasteiger partial charge in [-0.15, -0.1) is 0 Å². The van der Waals surface area contributed by atoms with Gasteiger partial charge in [-0.25, -0.2) is 0 Å². The van der Waals surface area contributed by atoms with Crippen LogP contribution in [0.2, 0.25) is 0 Å². The number of benzene rings is 1. The topological polar surface area (TPSA) is 29.5 Å². The van der Waals surface area contributed by atoms with E-state index in [0.29, 0.717) is 0 Å². The molecule has 2 heteroatoms. The van der Waals surface area contributed by atoms with Crippen molar-refractivity contribution in [2.24, 2.45) is 0 Å². The van der Waals surface area contributed by atoms with E-state index in [4.69, 9.17) is 4.74 Å². The van der Waals surface area contributed by atoms with Crippen molar-refractivity contribution in [1.29, 1.82) is 0 Å². The minimum Gasteiger partial charge on any atom is -0.396 e. The molecule has 0 spiro atoms. The molecule has 0 bridgehead atoms. The fourth-order valence-corrected chi connectivity index (χ4v) is 1.66. The number of hydrogen-bond donors (Lipinski definition) is 1. The normalized spacial score (nSPS) is 12.7. The van der Waals surface area contributed by atoms with Crippen molar-refractivity contribution < 1.29 is 9.84 Å². The Labute approximate surface area is 91.9 Å². The molecule has 2 nitrogen and oxygen atoms in total. The molecule has 0 saturated heterocycles. The number of aryl methyl sites for hydroxylation is 1. The highest BCUT2D eigenvalue weighted by molar-refractivity contribution is 5.25. The maximum Gasteiger partial charge on any atom is 0.0500 e. The number of aliphatic hydroxyl groups excluding tert-OH is 1. The lowest BCUT2D eigenvalue weighted by Crippen LogP contribution is -2.08. The van der Waals surface area contributed by atoms with E-state index in [9.17, 15) is 5.11 Å². The Balaban J connectivity index is 2.57. The summed E-state index contributed by atoms with van der Waals surface area (Å²) in [4.78, 5) is 0. The quantitative estimate of drug-likeness (QED) is 0.728. The Morgan fingerprint density at radius 1 is 1.40 bits per heavy atom. The highest BCUT2D eigenvalue weighted by atomic mass is 16.5. The molecule has 15 heavy (non-hydrogen) atoms. The van der Waals surface area contributed by atoms with Gasteiger partial charge >= 0.3 is 0 Å². The second-order valence-electron chi connectivity index (χ2n) is 3.78. The van der Waals surface area contributed by atoms with Crippen LogP contribution in [0.15, 0.2) is 24.3 Å². The van der Waals surface area contributed by atoms with Gasteiger partial charge in [0.25, 0.3) is 0 Å². The third kappa shape index (κ3) is 4.02. The van der Waals surface area contributed by atoms with E-state index >= 15 is 0 Å². The van der Waals surface area contributed by atoms with Gasteiger partial charge < -0.3 is 9.84 Å². The summed E-state index contributed by atoms with van der Waals surface area (Å²) in [7, 11) is 0. The van der Waals surface area contributed by atoms with Crippen LogP contribution in [0.25, 0.3) is 0 Å². The van der Waals surface area contributed by atoms with E-state index in [1.807, 2.05) is 13.0 Å². The van der Waals surface area contributed by atoms with Crippen LogP contribution >= 0.6 is 0 Å². The lowest BCUT2D eigenvalue weighted by molar-refractivity contribution is 0.130. The SMILES string of the molecule is CCOCCC(CO)c1cccc(C)c1. The molecule has 0 fully saturated rings. The van der Waals surface area contributed by atoms with Crippen molar-refractivity contribution in [1.82, 2.24) is 0 Å². The van der Waals surface area contributed by atoms with Gasteiger partial charge in [-0.2, -0.15) is 0 Å². The van der Waals surface area contributed by atoms with Crippen LogP contribution in [-0.4, -0.2) is 24.9 Å². The van der Waals surface area contributed by atoms with E-state index in [0.717, 1.165) is 19.6 Å². The summed E-state index contributed by atoms with van der Waals surface area (Å²) in [5, 5.41) is 9.31. The molecular formula is C13H20O2. The van der Waals surface area contributed by atoms with Crippen LogP contribution < -0.4 is 0 Å². The third-order valence-electron chi connectivity index (χ3n) is 2.55. The largest absolute Gasteiger partial charge is 0.396 e. The Morgan fingerprint density at radius 2 is 2.20 bits per heavy atom. The van der Waals surface area contributed by atoms with Crippen LogP contribution in [0.5, 0.6) is 0 Å². The number of hydrogen-bond acceptors (Lipinski definition) is 2. The molecule has 1 unspecified atom stereocenters. The summed E-state index contributed by atoms with van der Waals surface area (Å²) >= 11 is 0. The van der Waals surface area contributed by atoms with Gasteiger partial charge in [-0.05, 0) is 25.8 Å². The standard InChI is InChI=1S/C13H20O2/c1-3-15-8-7-13(10-14)12-6-4-5-11(2)9-12/h4-6,9,13-14H,3,7-8,10H2,1-2H3. The molecule has 84 valence electrons. The molecule has 0 aliphatic rings. The Bertz CT molecular complexity index is 284. The summed E-state index contributed by atoms with van der Waals surface area (Å²) in [6, 6.07) is 8.31. The van der Waals surface area contributed by atoms with Crippen LogP contribution in [0, 0.1) is 6.92 Å². The van der Waals surface area contributed by atoms with Crippen molar-refractivity contribution in [3.8, 4) is 0 Å². The molecule has 0 heterocycles. The Hall–Kier alpha value is -0.860. The molecule has 0 saturated carbocycles. The van der Waals surface area contributed by atoms with Gasteiger partial charge in [-0.1, -0.05) is 29.8 Å². The summed E-state index contributed by atoms with van der Waals surface area (Å²) in [5.74, 6) is 0.205. The smallest absolute Gasteiger partial charge is 0.0500 e. The van der Waals surface area contributed by atoms with E-state index < -0.39 is 0 Å². The van der Waals surface area contributed by atoms with Crippen LogP contribution in [-0.2, 0) is 4.74 Å². The Morgan fingerprint density at radius 3 is 2.80 bits per heavy atom. The maximum atomic E-state index is 9.31. The Kier molecular flexibility index (Phi) is 5.37. The number of ether oxygens (including phenoxy) is 1. The maximum absolute atomic E-state index is 9.31. The number of rotatable bonds is 6. The molecule has 1 rings (SSSR count). The first-order valence-corrected chi connectivity index (χ1v) is 5.53. The van der Waals surface area contributed by atoms with Crippen molar-refractivity contribution in [2.45, 2.75) is 26.2 Å². The molecule has 1 atom stereocenters. The second kappa shape index (κ2) is 6.59. The van der Waals surface area contributed by atoms with E-state index in [1.54, 1.807) is 0 Å². The fourth-order valence-electron chi connectivity index (χ4n) is 1.66. The van der Waals surface area contributed by atoms with Crippen molar-refractivity contribution >= 4 is 0 Å². The molecule has 1 N–H and O–H groups in total. The predicted octanol–water partition coefficient (Wildman–Crippen LogP) is 2.50. The third-order valence-corrected chi connectivity index (χ3v) is 2.55. The van der Waals surface area contributed by atoms with Crippen molar-refractivity contribution in [3.05, 3.63) is 35.4 Å². The minimum absolute atomic E-state index is 0.191. The number of aliphatic hydroxyl groups is 1. The molecule has 1 aromatic rings. The molecule has 0 aromatic heterocycles. The van der Waals surface area contributed by atoms with Gasteiger partial charge in [-0.3, -0.25) is 0 Å². The summed E-state index contributed by atoms with van der Waals surface area (Å²) in [5.41, 5.74) is 2.44. The average Bonchev–Trinajstić information content (AvgIpc) is 2.24.